The van der Waals surface area contributed by atoms with Crippen molar-refractivity contribution in [1.82, 2.24) is 4.90 Å². The van der Waals surface area contributed by atoms with Gasteiger partial charge in [0, 0.05) is 25.7 Å². The summed E-state index contributed by atoms with van der Waals surface area (Å²) in [6.45, 7) is 12.3. The average molecular weight is 199 g/mol. The molecule has 1 aliphatic rings. The molecule has 0 aromatic rings. The second kappa shape index (κ2) is 5.72. The van der Waals surface area contributed by atoms with Crippen molar-refractivity contribution in [2.24, 2.45) is 5.92 Å². The van der Waals surface area contributed by atoms with Gasteiger partial charge in [0.2, 0.25) is 0 Å². The first kappa shape index (κ1) is 12.0. The predicted molar refractivity (Wildman–Crippen MR) is 60.5 cm³/mol. The van der Waals surface area contributed by atoms with Gasteiger partial charge in [-0.1, -0.05) is 13.8 Å². The fourth-order valence-corrected chi connectivity index (χ4v) is 1.83. The molecule has 0 aliphatic carbocycles. The molecule has 0 amide bonds. The molecule has 2 nitrogen and oxygen atoms in total. The Kier molecular flexibility index (Phi) is 4.90. The lowest BCUT2D eigenvalue weighted by molar-refractivity contribution is 0.0500. The molecule has 0 radical (unpaired) electrons. The maximum atomic E-state index is 5.85. The average Bonchev–Trinajstić information content (AvgIpc) is 2.52. The van der Waals surface area contributed by atoms with Crippen LogP contribution in [-0.2, 0) is 4.74 Å². The molecule has 2 heteroatoms. The molecule has 1 rings (SSSR count). The molecule has 1 fully saturated rings. The highest BCUT2D eigenvalue weighted by Gasteiger charge is 2.24. The quantitative estimate of drug-likeness (QED) is 0.674. The molecule has 0 unspecified atom stereocenters. The van der Waals surface area contributed by atoms with Crippen molar-refractivity contribution in [3.63, 3.8) is 0 Å². The van der Waals surface area contributed by atoms with Gasteiger partial charge >= 0.3 is 0 Å². The second-order valence-corrected chi connectivity index (χ2v) is 5.05. The van der Waals surface area contributed by atoms with Crippen LogP contribution >= 0.6 is 0 Å². The van der Waals surface area contributed by atoms with Crippen LogP contribution in [0.4, 0.5) is 0 Å². The lowest BCUT2D eigenvalue weighted by atomic mass is 10.1. The fourth-order valence-electron chi connectivity index (χ4n) is 1.83. The van der Waals surface area contributed by atoms with Crippen LogP contribution < -0.4 is 0 Å². The van der Waals surface area contributed by atoms with E-state index in [9.17, 15) is 0 Å². The number of nitrogens with zero attached hydrogens (tertiary/aromatic N) is 1. The monoisotopic (exact) mass is 199 g/mol. The van der Waals surface area contributed by atoms with E-state index in [1.165, 1.54) is 19.4 Å². The van der Waals surface area contributed by atoms with E-state index in [0.717, 1.165) is 19.1 Å². The minimum Gasteiger partial charge on any atom is -0.377 e. The summed E-state index contributed by atoms with van der Waals surface area (Å²) in [5.41, 5.74) is 0. The number of hydrogen-bond donors (Lipinski definition) is 0. The van der Waals surface area contributed by atoms with E-state index in [4.69, 9.17) is 4.74 Å². The molecular weight excluding hydrogens is 174 g/mol. The molecule has 0 spiro atoms. The normalized spacial score (nSPS) is 24.0. The minimum absolute atomic E-state index is 0.496. The number of rotatable bonds is 5. The summed E-state index contributed by atoms with van der Waals surface area (Å²) in [6.07, 6.45) is 2.91. The van der Waals surface area contributed by atoms with Crippen LogP contribution in [0.2, 0.25) is 0 Å². The van der Waals surface area contributed by atoms with Crippen molar-refractivity contribution in [3.05, 3.63) is 0 Å². The molecule has 1 saturated heterocycles. The lowest BCUT2D eigenvalue weighted by Crippen LogP contribution is -2.29. The summed E-state index contributed by atoms with van der Waals surface area (Å²) in [5, 5.41) is 0. The van der Waals surface area contributed by atoms with Crippen molar-refractivity contribution in [2.45, 2.75) is 52.7 Å². The summed E-state index contributed by atoms with van der Waals surface area (Å²) >= 11 is 0. The Morgan fingerprint density at radius 3 is 2.50 bits per heavy atom. The molecule has 1 aliphatic heterocycles. The van der Waals surface area contributed by atoms with E-state index in [1.54, 1.807) is 0 Å². The highest BCUT2D eigenvalue weighted by molar-refractivity contribution is 4.78. The van der Waals surface area contributed by atoms with Crippen LogP contribution in [0, 0.1) is 5.92 Å². The van der Waals surface area contributed by atoms with E-state index in [-0.39, 0.29) is 0 Å². The Morgan fingerprint density at radius 1 is 1.29 bits per heavy atom. The summed E-state index contributed by atoms with van der Waals surface area (Å²) < 4.78 is 5.85. The number of likely N-dealkylation sites (tertiary alicyclic amines) is 1. The standard InChI is InChI=1S/C12H25NO/c1-10(2)6-8-14-12-5-7-13(9-12)11(3)4/h10-12H,5-9H2,1-4H3/t12-/m0/s1. The van der Waals surface area contributed by atoms with Gasteiger partial charge < -0.3 is 4.74 Å². The molecule has 0 saturated carbocycles. The van der Waals surface area contributed by atoms with Gasteiger partial charge in [-0.25, -0.2) is 0 Å². The molecule has 84 valence electrons. The molecule has 0 aromatic heterocycles. The lowest BCUT2D eigenvalue weighted by Gasteiger charge is -2.20. The first-order chi connectivity index (χ1) is 6.59. The fraction of sp³-hybridized carbons (Fsp3) is 1.00. The Hall–Kier alpha value is -0.0800. The Bertz CT molecular complexity index is 156. The minimum atomic E-state index is 0.496. The van der Waals surface area contributed by atoms with Gasteiger partial charge in [-0.15, -0.1) is 0 Å². The van der Waals surface area contributed by atoms with Crippen molar-refractivity contribution in [3.8, 4) is 0 Å². The summed E-state index contributed by atoms with van der Waals surface area (Å²) in [5.74, 6) is 0.762. The van der Waals surface area contributed by atoms with Gasteiger partial charge in [0.25, 0.3) is 0 Å². The molecule has 0 N–H and O–H groups in total. The van der Waals surface area contributed by atoms with Gasteiger partial charge in [-0.3, -0.25) is 4.90 Å². The van der Waals surface area contributed by atoms with E-state index in [1.807, 2.05) is 0 Å². The third kappa shape index (κ3) is 3.97. The van der Waals surface area contributed by atoms with Crippen LogP contribution in [0.15, 0.2) is 0 Å². The van der Waals surface area contributed by atoms with E-state index in [2.05, 4.69) is 32.6 Å². The first-order valence-electron chi connectivity index (χ1n) is 5.95. The number of hydrogen-bond acceptors (Lipinski definition) is 2. The Morgan fingerprint density at radius 2 is 2.00 bits per heavy atom. The van der Waals surface area contributed by atoms with Gasteiger partial charge in [0.1, 0.15) is 0 Å². The van der Waals surface area contributed by atoms with Crippen LogP contribution in [0.25, 0.3) is 0 Å². The first-order valence-corrected chi connectivity index (χ1v) is 5.95. The van der Waals surface area contributed by atoms with Crippen molar-refractivity contribution in [2.75, 3.05) is 19.7 Å². The van der Waals surface area contributed by atoms with Crippen molar-refractivity contribution >= 4 is 0 Å². The van der Waals surface area contributed by atoms with Crippen molar-refractivity contribution < 1.29 is 4.74 Å². The Labute approximate surface area is 88.6 Å². The van der Waals surface area contributed by atoms with Gasteiger partial charge in [-0.05, 0) is 32.6 Å². The van der Waals surface area contributed by atoms with Crippen LogP contribution in [0.5, 0.6) is 0 Å². The van der Waals surface area contributed by atoms with Crippen LogP contribution in [0.1, 0.15) is 40.5 Å². The predicted octanol–water partition coefficient (Wildman–Crippen LogP) is 2.53. The Balaban J connectivity index is 2.10. The highest BCUT2D eigenvalue weighted by Crippen LogP contribution is 2.15. The van der Waals surface area contributed by atoms with E-state index in [0.29, 0.717) is 12.1 Å². The molecule has 14 heavy (non-hydrogen) atoms. The summed E-state index contributed by atoms with van der Waals surface area (Å²) in [7, 11) is 0. The zero-order valence-electron chi connectivity index (χ0n) is 10.1. The van der Waals surface area contributed by atoms with Crippen LogP contribution in [-0.4, -0.2) is 36.7 Å². The van der Waals surface area contributed by atoms with E-state index < -0.39 is 0 Å². The zero-order valence-corrected chi connectivity index (χ0v) is 10.1. The zero-order chi connectivity index (χ0) is 10.6. The SMILES string of the molecule is CC(C)CCO[C@H]1CCN(C(C)C)C1. The maximum absolute atomic E-state index is 5.85. The van der Waals surface area contributed by atoms with Gasteiger partial charge in [0.05, 0.1) is 6.10 Å². The molecule has 1 heterocycles. The smallest absolute Gasteiger partial charge is 0.0714 e. The molecule has 1 atom stereocenters. The highest BCUT2D eigenvalue weighted by atomic mass is 16.5. The molecule has 0 bridgehead atoms. The largest absolute Gasteiger partial charge is 0.377 e. The molecular formula is C12H25NO. The van der Waals surface area contributed by atoms with Crippen LogP contribution in [0.3, 0.4) is 0 Å². The number of ether oxygens (including phenoxy) is 1. The summed E-state index contributed by atoms with van der Waals surface area (Å²) in [4.78, 5) is 2.50. The second-order valence-electron chi connectivity index (χ2n) is 5.05. The molecule has 0 aromatic carbocycles. The van der Waals surface area contributed by atoms with Gasteiger partial charge in [-0.2, -0.15) is 0 Å². The van der Waals surface area contributed by atoms with Crippen molar-refractivity contribution in [1.29, 1.82) is 0 Å². The maximum Gasteiger partial charge on any atom is 0.0714 e. The summed E-state index contributed by atoms with van der Waals surface area (Å²) in [6, 6.07) is 0.675. The third-order valence-corrected chi connectivity index (χ3v) is 2.96. The van der Waals surface area contributed by atoms with E-state index >= 15 is 0 Å². The topological polar surface area (TPSA) is 12.5 Å². The van der Waals surface area contributed by atoms with Gasteiger partial charge in [0.15, 0.2) is 0 Å². The third-order valence-electron chi connectivity index (χ3n) is 2.96.